The minimum Gasteiger partial charge on any atom is -0.478 e. The fraction of sp³-hybridized carbons (Fsp3) is 0.500. The highest BCUT2D eigenvalue weighted by Gasteiger charge is 2.22. The molecule has 1 aliphatic carbocycles. The topological polar surface area (TPSA) is 66.4 Å². The summed E-state index contributed by atoms with van der Waals surface area (Å²) in [6.07, 6.45) is 4.74. The van der Waals surface area contributed by atoms with Crippen molar-refractivity contribution >= 4 is 11.9 Å². The molecule has 20 heavy (non-hydrogen) atoms. The van der Waals surface area contributed by atoms with E-state index in [9.17, 15) is 14.7 Å². The molecule has 0 heterocycles. The van der Waals surface area contributed by atoms with Crippen LogP contribution in [0.3, 0.4) is 0 Å². The number of hydrogen-bond acceptors (Lipinski definition) is 2. The number of aromatic carboxylic acids is 1. The molecule has 2 rings (SSSR count). The average Bonchev–Trinajstić information content (AvgIpc) is 3.20. The molecule has 0 atom stereocenters. The first kappa shape index (κ1) is 14.6. The Morgan fingerprint density at radius 2 is 1.80 bits per heavy atom. The molecule has 1 aliphatic rings. The summed E-state index contributed by atoms with van der Waals surface area (Å²) in [5.41, 5.74) is 1.73. The van der Waals surface area contributed by atoms with Crippen molar-refractivity contribution in [2.45, 2.75) is 39.5 Å². The van der Waals surface area contributed by atoms with Gasteiger partial charge in [-0.2, -0.15) is 0 Å². The van der Waals surface area contributed by atoms with Crippen LogP contribution in [0, 0.1) is 19.8 Å². The van der Waals surface area contributed by atoms with Crippen LogP contribution in [-0.2, 0) is 0 Å². The molecule has 0 unspecified atom stereocenters. The Morgan fingerprint density at radius 3 is 2.35 bits per heavy atom. The predicted molar refractivity (Wildman–Crippen MR) is 77.2 cm³/mol. The summed E-state index contributed by atoms with van der Waals surface area (Å²) in [5.74, 6) is -0.476. The number of benzene rings is 1. The van der Waals surface area contributed by atoms with Crippen molar-refractivity contribution in [3.8, 4) is 0 Å². The van der Waals surface area contributed by atoms with E-state index in [0.717, 1.165) is 18.8 Å². The highest BCUT2D eigenvalue weighted by Crippen LogP contribution is 2.33. The molecule has 1 fully saturated rings. The number of rotatable bonds is 6. The van der Waals surface area contributed by atoms with Gasteiger partial charge in [0.2, 0.25) is 0 Å². The minimum atomic E-state index is -1.05. The normalized spacial score (nSPS) is 14.1. The van der Waals surface area contributed by atoms with Crippen LogP contribution in [0.25, 0.3) is 0 Å². The van der Waals surface area contributed by atoms with E-state index in [0.29, 0.717) is 23.2 Å². The van der Waals surface area contributed by atoms with Gasteiger partial charge in [-0.3, -0.25) is 4.79 Å². The first-order valence-electron chi connectivity index (χ1n) is 7.12. The predicted octanol–water partition coefficient (Wildman–Crippen LogP) is 2.92. The van der Waals surface area contributed by atoms with Crippen molar-refractivity contribution in [3.05, 3.63) is 34.4 Å². The van der Waals surface area contributed by atoms with Crippen LogP contribution < -0.4 is 5.32 Å². The minimum absolute atomic E-state index is 0.115. The van der Waals surface area contributed by atoms with Crippen molar-refractivity contribution in [2.75, 3.05) is 6.54 Å². The number of amides is 1. The van der Waals surface area contributed by atoms with Gasteiger partial charge in [-0.1, -0.05) is 25.0 Å². The van der Waals surface area contributed by atoms with Crippen molar-refractivity contribution in [1.29, 1.82) is 0 Å². The first-order chi connectivity index (χ1) is 9.50. The molecule has 0 aromatic heterocycles. The van der Waals surface area contributed by atoms with Crippen molar-refractivity contribution < 1.29 is 14.7 Å². The highest BCUT2D eigenvalue weighted by atomic mass is 16.4. The molecule has 1 aromatic rings. The molecule has 108 valence electrons. The molecular weight excluding hydrogens is 254 g/mol. The average molecular weight is 275 g/mol. The Balaban J connectivity index is 2.07. The van der Waals surface area contributed by atoms with E-state index in [4.69, 9.17) is 0 Å². The van der Waals surface area contributed by atoms with Gasteiger partial charge in [0.1, 0.15) is 0 Å². The zero-order valence-electron chi connectivity index (χ0n) is 12.0. The monoisotopic (exact) mass is 275 g/mol. The lowest BCUT2D eigenvalue weighted by molar-refractivity contribution is 0.0690. The summed E-state index contributed by atoms with van der Waals surface area (Å²) >= 11 is 0. The van der Waals surface area contributed by atoms with Crippen LogP contribution in [0.4, 0.5) is 0 Å². The Morgan fingerprint density at radius 1 is 1.20 bits per heavy atom. The molecule has 0 saturated heterocycles. The third-order valence-electron chi connectivity index (χ3n) is 3.83. The van der Waals surface area contributed by atoms with Gasteiger partial charge < -0.3 is 10.4 Å². The van der Waals surface area contributed by atoms with Crippen LogP contribution in [0.1, 0.15) is 57.5 Å². The summed E-state index contributed by atoms with van der Waals surface area (Å²) in [7, 11) is 0. The van der Waals surface area contributed by atoms with E-state index in [1.54, 1.807) is 26.0 Å². The summed E-state index contributed by atoms with van der Waals surface area (Å²) < 4.78 is 0. The van der Waals surface area contributed by atoms with Crippen LogP contribution >= 0.6 is 0 Å². The highest BCUT2D eigenvalue weighted by molar-refractivity contribution is 6.06. The second kappa shape index (κ2) is 6.07. The molecule has 1 aromatic carbocycles. The fourth-order valence-corrected chi connectivity index (χ4v) is 2.47. The first-order valence-corrected chi connectivity index (χ1v) is 7.12. The number of nitrogens with one attached hydrogen (secondary N) is 1. The summed E-state index contributed by atoms with van der Waals surface area (Å²) in [5, 5.41) is 12.1. The SMILES string of the molecule is Cc1ccc(C)c(C(=O)NCCCC2CC2)c1C(=O)O. The second-order valence-electron chi connectivity index (χ2n) is 5.60. The number of carboxylic acids is 1. The number of carbonyl (C=O) groups excluding carboxylic acids is 1. The van der Waals surface area contributed by atoms with E-state index < -0.39 is 5.97 Å². The van der Waals surface area contributed by atoms with Crippen LogP contribution in [0.2, 0.25) is 0 Å². The smallest absolute Gasteiger partial charge is 0.336 e. The standard InChI is InChI=1S/C16H21NO3/c1-10-5-6-11(2)14(16(19)20)13(10)15(18)17-9-3-4-12-7-8-12/h5-6,12H,3-4,7-9H2,1-2H3,(H,17,18)(H,19,20). The van der Waals surface area contributed by atoms with Gasteiger partial charge >= 0.3 is 5.97 Å². The second-order valence-corrected chi connectivity index (χ2v) is 5.60. The van der Waals surface area contributed by atoms with Gasteiger partial charge in [-0.05, 0) is 43.7 Å². The van der Waals surface area contributed by atoms with Crippen LogP contribution in [-0.4, -0.2) is 23.5 Å². The number of hydrogen-bond donors (Lipinski definition) is 2. The largest absolute Gasteiger partial charge is 0.478 e. The summed E-state index contributed by atoms with van der Waals surface area (Å²) in [6, 6.07) is 3.53. The maximum atomic E-state index is 12.2. The van der Waals surface area contributed by atoms with Crippen LogP contribution in [0.5, 0.6) is 0 Å². The maximum absolute atomic E-state index is 12.2. The lowest BCUT2D eigenvalue weighted by Crippen LogP contribution is -2.27. The Bertz CT molecular complexity index is 533. The van der Waals surface area contributed by atoms with Gasteiger partial charge in [0.05, 0.1) is 11.1 Å². The molecule has 0 radical (unpaired) electrons. The maximum Gasteiger partial charge on any atom is 0.336 e. The van der Waals surface area contributed by atoms with E-state index >= 15 is 0 Å². The third kappa shape index (κ3) is 3.38. The number of carboxylic acid groups (broad SMARTS) is 1. The summed E-state index contributed by atoms with van der Waals surface area (Å²) in [4.78, 5) is 23.6. The van der Waals surface area contributed by atoms with Crippen molar-refractivity contribution in [3.63, 3.8) is 0 Å². The molecule has 2 N–H and O–H groups in total. The number of carbonyl (C=O) groups is 2. The fourth-order valence-electron chi connectivity index (χ4n) is 2.47. The third-order valence-corrected chi connectivity index (χ3v) is 3.83. The van der Waals surface area contributed by atoms with Gasteiger partial charge in [0.15, 0.2) is 0 Å². The van der Waals surface area contributed by atoms with Crippen LogP contribution in [0.15, 0.2) is 12.1 Å². The van der Waals surface area contributed by atoms with Gasteiger partial charge in [0.25, 0.3) is 5.91 Å². The van der Waals surface area contributed by atoms with Crippen molar-refractivity contribution in [2.24, 2.45) is 5.92 Å². The van der Waals surface area contributed by atoms with E-state index in [2.05, 4.69) is 5.32 Å². The quantitative estimate of drug-likeness (QED) is 0.784. The Labute approximate surface area is 119 Å². The zero-order valence-corrected chi connectivity index (χ0v) is 12.0. The molecule has 1 saturated carbocycles. The van der Waals surface area contributed by atoms with E-state index in [1.807, 2.05) is 0 Å². The number of aryl methyl sites for hydroxylation is 2. The molecule has 0 spiro atoms. The lowest BCUT2D eigenvalue weighted by atomic mass is 9.96. The summed E-state index contributed by atoms with van der Waals surface area (Å²) in [6.45, 7) is 4.10. The Kier molecular flexibility index (Phi) is 4.42. The van der Waals surface area contributed by atoms with Gasteiger partial charge in [-0.15, -0.1) is 0 Å². The van der Waals surface area contributed by atoms with Crippen molar-refractivity contribution in [1.82, 2.24) is 5.32 Å². The molecule has 4 nitrogen and oxygen atoms in total. The Hall–Kier alpha value is -1.84. The van der Waals surface area contributed by atoms with E-state index in [-0.39, 0.29) is 11.5 Å². The molecule has 0 aliphatic heterocycles. The molecule has 0 bridgehead atoms. The zero-order chi connectivity index (χ0) is 14.7. The molecular formula is C16H21NO3. The van der Waals surface area contributed by atoms with Gasteiger partial charge in [0, 0.05) is 6.54 Å². The molecule has 1 amide bonds. The molecule has 4 heteroatoms. The lowest BCUT2D eigenvalue weighted by Gasteiger charge is -2.12. The van der Waals surface area contributed by atoms with Gasteiger partial charge in [-0.25, -0.2) is 4.79 Å². The van der Waals surface area contributed by atoms with E-state index in [1.165, 1.54) is 12.8 Å².